The van der Waals surface area contributed by atoms with Crippen LogP contribution in [-0.2, 0) is 0 Å². The minimum absolute atomic E-state index is 0.332. The maximum Gasteiger partial charge on any atom is 0.0488 e. The maximum absolute atomic E-state index is 5.73. The van der Waals surface area contributed by atoms with E-state index in [0.717, 1.165) is 5.75 Å². The van der Waals surface area contributed by atoms with Crippen LogP contribution in [0.15, 0.2) is 29.2 Å². The zero-order valence-corrected chi connectivity index (χ0v) is 11.3. The van der Waals surface area contributed by atoms with Crippen molar-refractivity contribution in [2.24, 2.45) is 11.8 Å². The summed E-state index contributed by atoms with van der Waals surface area (Å²) in [4.78, 5) is 1.35. The van der Waals surface area contributed by atoms with Gasteiger partial charge in [-0.25, -0.2) is 0 Å². The van der Waals surface area contributed by atoms with Crippen LogP contribution in [-0.4, -0.2) is 5.75 Å². The molecule has 2 rings (SSSR count). The molecule has 1 fully saturated rings. The Morgan fingerprint density at radius 3 is 2.47 bits per heavy atom. The lowest BCUT2D eigenvalue weighted by atomic mass is 9.92. The van der Waals surface area contributed by atoms with E-state index in [2.05, 4.69) is 36.6 Å². The molecule has 0 aromatic heterocycles. The number of benzene rings is 1. The topological polar surface area (TPSA) is 38.0 Å². The van der Waals surface area contributed by atoms with Gasteiger partial charge in [0.25, 0.3) is 0 Å². The number of hydrazine groups is 1. The molecule has 3 N–H and O–H groups in total. The Hall–Kier alpha value is -0.510. The summed E-state index contributed by atoms with van der Waals surface area (Å²) in [7, 11) is 0. The molecular formula is C14H22N2S. The van der Waals surface area contributed by atoms with Crippen molar-refractivity contribution in [2.75, 3.05) is 5.75 Å². The molecule has 0 saturated heterocycles. The van der Waals surface area contributed by atoms with E-state index in [1.165, 1.54) is 36.1 Å². The zero-order chi connectivity index (χ0) is 12.1. The first-order valence-electron chi connectivity index (χ1n) is 6.54. The van der Waals surface area contributed by atoms with Crippen LogP contribution < -0.4 is 11.3 Å². The predicted octanol–water partition coefficient (Wildman–Crippen LogP) is 3.49. The van der Waals surface area contributed by atoms with Crippen LogP contribution >= 0.6 is 11.8 Å². The van der Waals surface area contributed by atoms with Crippen LogP contribution in [0.4, 0.5) is 0 Å². The highest BCUT2D eigenvalue weighted by Gasteiger charge is 2.25. The van der Waals surface area contributed by atoms with E-state index in [1.807, 2.05) is 11.8 Å². The Morgan fingerprint density at radius 2 is 1.94 bits per heavy atom. The average Bonchev–Trinajstić information content (AvgIpc) is 2.86. The molecule has 0 bridgehead atoms. The van der Waals surface area contributed by atoms with Gasteiger partial charge >= 0.3 is 0 Å². The standard InChI is InChI=1S/C14H22N2S/c1-2-17-13-9-7-12(8-10-13)14(16-15)11-5-3-4-6-11/h7-11,14,16H,2-6,15H2,1H3. The van der Waals surface area contributed by atoms with E-state index in [9.17, 15) is 0 Å². The first-order valence-corrected chi connectivity index (χ1v) is 7.52. The largest absolute Gasteiger partial charge is 0.271 e. The Balaban J connectivity index is 2.07. The molecule has 1 atom stereocenters. The molecule has 0 spiro atoms. The molecule has 1 aromatic carbocycles. The fourth-order valence-electron chi connectivity index (χ4n) is 2.73. The molecule has 2 nitrogen and oxygen atoms in total. The maximum atomic E-state index is 5.73. The van der Waals surface area contributed by atoms with Crippen molar-refractivity contribution in [3.05, 3.63) is 29.8 Å². The van der Waals surface area contributed by atoms with E-state index in [0.29, 0.717) is 12.0 Å². The molecule has 1 unspecified atom stereocenters. The normalized spacial score (nSPS) is 18.5. The molecule has 1 aromatic rings. The first-order chi connectivity index (χ1) is 8.35. The molecule has 0 heterocycles. The van der Waals surface area contributed by atoms with Gasteiger partial charge in [-0.15, -0.1) is 11.8 Å². The van der Waals surface area contributed by atoms with E-state index >= 15 is 0 Å². The first kappa shape index (κ1) is 12.9. The Labute approximate surface area is 108 Å². The van der Waals surface area contributed by atoms with E-state index in [4.69, 9.17) is 5.84 Å². The van der Waals surface area contributed by atoms with Crippen molar-refractivity contribution in [2.45, 2.75) is 43.5 Å². The van der Waals surface area contributed by atoms with E-state index < -0.39 is 0 Å². The molecule has 1 aliphatic carbocycles. The lowest BCUT2D eigenvalue weighted by Gasteiger charge is -2.23. The van der Waals surface area contributed by atoms with Crippen LogP contribution in [0, 0.1) is 5.92 Å². The molecule has 0 aliphatic heterocycles. The Kier molecular flexibility index (Phi) is 4.89. The van der Waals surface area contributed by atoms with Gasteiger partial charge in [0.2, 0.25) is 0 Å². The molecule has 94 valence electrons. The predicted molar refractivity (Wildman–Crippen MR) is 74.9 cm³/mol. The highest BCUT2D eigenvalue weighted by molar-refractivity contribution is 7.99. The van der Waals surface area contributed by atoms with Gasteiger partial charge in [0, 0.05) is 10.9 Å². The third kappa shape index (κ3) is 3.24. The summed E-state index contributed by atoms with van der Waals surface area (Å²) in [5.74, 6) is 7.56. The van der Waals surface area contributed by atoms with Crippen molar-refractivity contribution < 1.29 is 0 Å². The van der Waals surface area contributed by atoms with Crippen molar-refractivity contribution >= 4 is 11.8 Å². The van der Waals surface area contributed by atoms with Gasteiger partial charge in [0.15, 0.2) is 0 Å². The second-order valence-electron chi connectivity index (χ2n) is 4.69. The number of hydrogen-bond donors (Lipinski definition) is 2. The summed E-state index contributed by atoms with van der Waals surface area (Å²) in [6.45, 7) is 2.18. The number of hydrogen-bond acceptors (Lipinski definition) is 3. The minimum Gasteiger partial charge on any atom is -0.271 e. The van der Waals surface area contributed by atoms with Crippen molar-refractivity contribution in [3.63, 3.8) is 0 Å². The van der Waals surface area contributed by atoms with Gasteiger partial charge in [-0.05, 0) is 42.2 Å². The molecule has 0 amide bonds. The zero-order valence-electron chi connectivity index (χ0n) is 10.5. The third-order valence-corrected chi connectivity index (χ3v) is 4.50. The SMILES string of the molecule is CCSc1ccc(C(NN)C2CCCC2)cc1. The monoisotopic (exact) mass is 250 g/mol. The van der Waals surface area contributed by atoms with Crippen LogP contribution in [0.3, 0.4) is 0 Å². The number of nitrogens with two attached hydrogens (primary N) is 1. The molecule has 3 heteroatoms. The molecule has 1 saturated carbocycles. The lowest BCUT2D eigenvalue weighted by Crippen LogP contribution is -2.32. The van der Waals surface area contributed by atoms with Gasteiger partial charge in [-0.1, -0.05) is 31.9 Å². The van der Waals surface area contributed by atoms with Crippen LogP contribution in [0.25, 0.3) is 0 Å². The second kappa shape index (κ2) is 6.43. The number of nitrogens with one attached hydrogen (secondary N) is 1. The summed E-state index contributed by atoms with van der Waals surface area (Å²) in [6, 6.07) is 9.20. The number of thioether (sulfide) groups is 1. The molecular weight excluding hydrogens is 228 g/mol. The highest BCUT2D eigenvalue weighted by atomic mass is 32.2. The van der Waals surface area contributed by atoms with Crippen molar-refractivity contribution in [1.82, 2.24) is 5.43 Å². The van der Waals surface area contributed by atoms with Crippen LogP contribution in [0.1, 0.15) is 44.2 Å². The van der Waals surface area contributed by atoms with E-state index in [-0.39, 0.29) is 0 Å². The minimum atomic E-state index is 0.332. The Morgan fingerprint density at radius 1 is 1.29 bits per heavy atom. The summed E-state index contributed by atoms with van der Waals surface area (Å²) >= 11 is 1.88. The fourth-order valence-corrected chi connectivity index (χ4v) is 3.40. The molecule has 17 heavy (non-hydrogen) atoms. The quantitative estimate of drug-likeness (QED) is 0.477. The van der Waals surface area contributed by atoms with Crippen LogP contribution in [0.2, 0.25) is 0 Å². The summed E-state index contributed by atoms with van der Waals surface area (Å²) < 4.78 is 0. The highest BCUT2D eigenvalue weighted by Crippen LogP contribution is 2.35. The smallest absolute Gasteiger partial charge is 0.0488 e. The lowest BCUT2D eigenvalue weighted by molar-refractivity contribution is 0.373. The van der Waals surface area contributed by atoms with Crippen LogP contribution in [0.5, 0.6) is 0 Å². The third-order valence-electron chi connectivity index (χ3n) is 3.60. The summed E-state index contributed by atoms with van der Waals surface area (Å²) in [5, 5.41) is 0. The Bertz CT molecular complexity index is 331. The fraction of sp³-hybridized carbons (Fsp3) is 0.571. The van der Waals surface area contributed by atoms with Crippen molar-refractivity contribution in [1.29, 1.82) is 0 Å². The van der Waals surface area contributed by atoms with Crippen molar-refractivity contribution in [3.8, 4) is 0 Å². The van der Waals surface area contributed by atoms with Gasteiger partial charge in [0.1, 0.15) is 0 Å². The summed E-state index contributed by atoms with van der Waals surface area (Å²) in [6.07, 6.45) is 5.32. The summed E-state index contributed by atoms with van der Waals surface area (Å²) in [5.41, 5.74) is 4.34. The van der Waals surface area contributed by atoms with Gasteiger partial charge in [-0.2, -0.15) is 0 Å². The van der Waals surface area contributed by atoms with E-state index in [1.54, 1.807) is 0 Å². The van der Waals surface area contributed by atoms with Gasteiger partial charge in [-0.3, -0.25) is 11.3 Å². The average molecular weight is 250 g/mol. The number of rotatable bonds is 5. The van der Waals surface area contributed by atoms with Gasteiger partial charge in [0.05, 0.1) is 0 Å². The molecule has 1 aliphatic rings. The second-order valence-corrected chi connectivity index (χ2v) is 6.03. The van der Waals surface area contributed by atoms with Gasteiger partial charge < -0.3 is 0 Å². The molecule has 0 radical (unpaired) electrons.